The Morgan fingerprint density at radius 2 is 1.35 bits per heavy atom. The van der Waals surface area contributed by atoms with Crippen LogP contribution in [0.3, 0.4) is 0 Å². The van der Waals surface area contributed by atoms with Crippen LogP contribution in [0.2, 0.25) is 0 Å². The van der Waals surface area contributed by atoms with E-state index in [1.807, 2.05) is 0 Å². The van der Waals surface area contributed by atoms with Crippen molar-refractivity contribution in [3.8, 4) is 0 Å². The van der Waals surface area contributed by atoms with E-state index in [2.05, 4.69) is 64.5 Å². The zero-order valence-electron chi connectivity index (χ0n) is 31.7. The van der Waals surface area contributed by atoms with Crippen molar-refractivity contribution in [2.24, 2.45) is 46.8 Å². The quantitative estimate of drug-likeness (QED) is 0.268. The average molecular weight is 701 g/mol. The third-order valence-electron chi connectivity index (χ3n) is 17.8. The summed E-state index contributed by atoms with van der Waals surface area (Å²) in [6.07, 6.45) is 51.1. The second-order valence-electron chi connectivity index (χ2n) is 19.6. The fraction of sp³-hybridized carbons (Fsp3) is 0.750. The highest BCUT2D eigenvalue weighted by molar-refractivity contribution is 5.44. The van der Waals surface area contributed by atoms with Crippen LogP contribution < -0.4 is 0 Å². The molecule has 16 unspecified atom stereocenters. The van der Waals surface area contributed by atoms with E-state index in [0.29, 0.717) is 47.9 Å². The second kappa shape index (κ2) is 12.5. The van der Waals surface area contributed by atoms with E-state index < -0.39 is 0 Å². The number of likely N-dealkylation sites (tertiary alicyclic amines) is 2. The first kappa shape index (κ1) is 32.2. The molecule has 0 aromatic rings. The number of allylic oxidation sites excluding steroid dienone is 5. The van der Waals surface area contributed by atoms with Crippen LogP contribution in [0.4, 0.5) is 0 Å². The van der Waals surface area contributed by atoms with Crippen LogP contribution in [-0.4, -0.2) is 58.3 Å². The van der Waals surface area contributed by atoms with E-state index >= 15 is 0 Å². The van der Waals surface area contributed by atoms with Crippen LogP contribution >= 0.6 is 0 Å². The molecule has 0 N–H and O–H groups in total. The Bertz CT molecular complexity index is 1600. The SMILES string of the molecule is C1=CC2C(CC1)OC1CCCC=C1C21C2C(N3C4CCCCC4C4CCCCC43)=CCC2OC2=CCCC(N3C4C=CCCC4C4C=CCCC43)C21. The van der Waals surface area contributed by atoms with Gasteiger partial charge < -0.3 is 14.4 Å². The van der Waals surface area contributed by atoms with Crippen LogP contribution in [0, 0.1) is 46.8 Å². The number of hydrogen-bond acceptors (Lipinski definition) is 4. The summed E-state index contributed by atoms with van der Waals surface area (Å²) in [5.41, 5.74) is 3.51. The van der Waals surface area contributed by atoms with Gasteiger partial charge in [0.1, 0.15) is 6.10 Å². The van der Waals surface area contributed by atoms with Gasteiger partial charge in [0.2, 0.25) is 0 Å². The van der Waals surface area contributed by atoms with E-state index in [-0.39, 0.29) is 17.6 Å². The molecule has 4 heteroatoms. The maximum Gasteiger partial charge on any atom is 0.111 e. The van der Waals surface area contributed by atoms with Crippen molar-refractivity contribution in [1.29, 1.82) is 0 Å². The summed E-state index contributed by atoms with van der Waals surface area (Å²) >= 11 is 0. The van der Waals surface area contributed by atoms with Crippen molar-refractivity contribution in [2.75, 3.05) is 0 Å². The van der Waals surface area contributed by atoms with Gasteiger partial charge in [-0.3, -0.25) is 4.90 Å². The highest BCUT2D eigenvalue weighted by Gasteiger charge is 2.71. The summed E-state index contributed by atoms with van der Waals surface area (Å²) in [4.78, 5) is 6.39. The van der Waals surface area contributed by atoms with Gasteiger partial charge in [-0.05, 0) is 132 Å². The monoisotopic (exact) mass is 700 g/mol. The maximum absolute atomic E-state index is 7.66. The lowest BCUT2D eigenvalue weighted by Gasteiger charge is -2.66. The van der Waals surface area contributed by atoms with Gasteiger partial charge in [0.25, 0.3) is 0 Å². The zero-order chi connectivity index (χ0) is 34.0. The lowest BCUT2D eigenvalue weighted by molar-refractivity contribution is -0.187. The van der Waals surface area contributed by atoms with Crippen molar-refractivity contribution in [1.82, 2.24) is 9.80 Å². The summed E-state index contributed by atoms with van der Waals surface area (Å²) in [6, 6.07) is 3.25. The smallest absolute Gasteiger partial charge is 0.111 e. The van der Waals surface area contributed by atoms with E-state index in [9.17, 15) is 0 Å². The molecule has 4 saturated heterocycles. The highest BCUT2D eigenvalue weighted by atomic mass is 16.5. The molecule has 8 aliphatic carbocycles. The van der Waals surface area contributed by atoms with Crippen molar-refractivity contribution >= 4 is 0 Å². The fourth-order valence-electron chi connectivity index (χ4n) is 16.4. The molecule has 16 atom stereocenters. The van der Waals surface area contributed by atoms with E-state index in [0.717, 1.165) is 42.7 Å². The van der Waals surface area contributed by atoms with Crippen molar-refractivity contribution < 1.29 is 9.47 Å². The predicted octanol–water partition coefficient (Wildman–Crippen LogP) is 10.2. The van der Waals surface area contributed by atoms with E-state index in [1.54, 1.807) is 11.3 Å². The minimum atomic E-state index is 0.0144. The van der Waals surface area contributed by atoms with Gasteiger partial charge in [-0.2, -0.15) is 0 Å². The summed E-state index contributed by atoms with van der Waals surface area (Å²) < 4.78 is 15.0. The van der Waals surface area contributed by atoms with Gasteiger partial charge >= 0.3 is 0 Å². The molecule has 0 bridgehead atoms. The van der Waals surface area contributed by atoms with Crippen LogP contribution in [-0.2, 0) is 9.47 Å². The molecule has 0 amide bonds. The summed E-state index contributed by atoms with van der Waals surface area (Å²) in [5.74, 6) is 5.93. The third-order valence-corrected chi connectivity index (χ3v) is 17.8. The largest absolute Gasteiger partial charge is 0.494 e. The Morgan fingerprint density at radius 3 is 2.23 bits per heavy atom. The summed E-state index contributed by atoms with van der Waals surface area (Å²) in [5, 5.41) is 0. The van der Waals surface area contributed by atoms with Crippen molar-refractivity contribution in [3.63, 3.8) is 0 Å². The average Bonchev–Trinajstić information content (AvgIpc) is 3.88. The van der Waals surface area contributed by atoms with E-state index in [1.165, 1.54) is 121 Å². The Morgan fingerprint density at radius 1 is 0.577 bits per heavy atom. The molecule has 2 saturated carbocycles. The first-order valence-electron chi connectivity index (χ1n) is 22.8. The van der Waals surface area contributed by atoms with Gasteiger partial charge in [0.05, 0.1) is 18.0 Å². The Balaban J connectivity index is 1.06. The molecule has 4 aliphatic heterocycles. The van der Waals surface area contributed by atoms with Crippen LogP contribution in [0.15, 0.2) is 71.7 Å². The van der Waals surface area contributed by atoms with Crippen molar-refractivity contribution in [3.05, 3.63) is 71.7 Å². The molecule has 12 aliphatic rings. The minimum absolute atomic E-state index is 0.0144. The topological polar surface area (TPSA) is 24.9 Å². The lowest BCUT2D eigenvalue weighted by Crippen LogP contribution is -2.68. The molecule has 0 radical (unpaired) electrons. The Hall–Kier alpha value is -2.04. The second-order valence-corrected chi connectivity index (χ2v) is 19.6. The van der Waals surface area contributed by atoms with Gasteiger partial charge in [-0.15, -0.1) is 0 Å². The van der Waals surface area contributed by atoms with Crippen molar-refractivity contribution in [2.45, 2.75) is 177 Å². The molecule has 0 aromatic carbocycles. The molecule has 52 heavy (non-hydrogen) atoms. The fourth-order valence-corrected chi connectivity index (χ4v) is 16.4. The first-order chi connectivity index (χ1) is 25.8. The molecular formula is C48H64N2O2. The Labute approximate surface area is 313 Å². The minimum Gasteiger partial charge on any atom is -0.494 e. The normalized spacial score (nSPS) is 51.4. The number of nitrogens with zero attached hydrogens (tertiary/aromatic N) is 2. The predicted molar refractivity (Wildman–Crippen MR) is 207 cm³/mol. The molecule has 4 nitrogen and oxygen atoms in total. The lowest BCUT2D eigenvalue weighted by atomic mass is 9.46. The molecule has 278 valence electrons. The summed E-state index contributed by atoms with van der Waals surface area (Å²) in [7, 11) is 0. The molecular weight excluding hydrogens is 637 g/mol. The highest BCUT2D eigenvalue weighted by Crippen LogP contribution is 2.70. The zero-order valence-corrected chi connectivity index (χ0v) is 31.7. The number of rotatable bonds is 2. The van der Waals surface area contributed by atoms with Gasteiger partial charge in [-0.1, -0.05) is 74.3 Å². The number of ether oxygens (including phenoxy) is 2. The molecule has 6 fully saturated rings. The van der Waals surface area contributed by atoms with Crippen LogP contribution in [0.1, 0.15) is 128 Å². The van der Waals surface area contributed by atoms with Crippen LogP contribution in [0.5, 0.6) is 0 Å². The molecule has 1 spiro atoms. The van der Waals surface area contributed by atoms with Gasteiger partial charge in [0.15, 0.2) is 0 Å². The molecule has 4 heterocycles. The van der Waals surface area contributed by atoms with Gasteiger partial charge in [0, 0.05) is 65.5 Å². The molecule has 12 rings (SSSR count). The third kappa shape index (κ3) is 4.40. The van der Waals surface area contributed by atoms with E-state index in [4.69, 9.17) is 9.47 Å². The first-order valence-corrected chi connectivity index (χ1v) is 22.8. The van der Waals surface area contributed by atoms with Gasteiger partial charge in [-0.25, -0.2) is 0 Å². The Kier molecular flexibility index (Phi) is 7.74. The standard InChI is InChI=1S/C48H64N2O2/c1-7-20-36-30(14-1)31-15-2-8-21-37(31)49(36)40-24-13-27-44-46(40)48(34-18-5-11-25-42(34)51-43-26-12-6-19-35(43)48)47-41(28-29-45(47)52-44)50-38-22-9-3-16-32(38)33-17-4-10-23-39(33)50/h1,5,8,14,18-19,21,27-28,30-34,36-40,42-43,45-47H,2-4,6-7,9-13,15-17,20,22-26,29H2. The number of fused-ring (bicyclic) bond motifs is 14. The molecule has 0 aromatic heterocycles. The van der Waals surface area contributed by atoms with Crippen LogP contribution in [0.25, 0.3) is 0 Å². The summed E-state index contributed by atoms with van der Waals surface area (Å²) in [6.45, 7) is 0. The number of hydrogen-bond donors (Lipinski definition) is 0. The maximum atomic E-state index is 7.66.